The zero-order chi connectivity index (χ0) is 10.7. The average molecular weight is 213 g/mol. The van der Waals surface area contributed by atoms with Gasteiger partial charge in [-0.1, -0.05) is 11.6 Å². The minimum Gasteiger partial charge on any atom is -0.398 e. The molecule has 0 spiro atoms. The Hall–Kier alpha value is -1.06. The van der Waals surface area contributed by atoms with Crippen LogP contribution in [-0.4, -0.2) is 11.8 Å². The molecule has 0 heterocycles. The first-order valence-electron chi connectivity index (χ1n) is 4.34. The number of anilines is 1. The number of halogens is 1. The number of carbonyl (C=O) groups excluding carboxylic acids is 1. The number of nitrogens with two attached hydrogens (primary N) is 2. The fourth-order valence-electron chi connectivity index (χ4n) is 1.17. The monoisotopic (exact) mass is 212 g/mol. The van der Waals surface area contributed by atoms with Crippen LogP contribution in [0.2, 0.25) is 5.02 Å². The van der Waals surface area contributed by atoms with Crippen LogP contribution in [0.4, 0.5) is 5.69 Å². The fourth-order valence-corrected chi connectivity index (χ4v) is 1.34. The largest absolute Gasteiger partial charge is 0.398 e. The summed E-state index contributed by atoms with van der Waals surface area (Å²) in [6.45, 7) is 1.78. The van der Waals surface area contributed by atoms with Crippen molar-refractivity contribution in [1.29, 1.82) is 0 Å². The van der Waals surface area contributed by atoms with Crippen molar-refractivity contribution in [3.63, 3.8) is 0 Å². The van der Waals surface area contributed by atoms with Crippen LogP contribution in [0, 0.1) is 0 Å². The molecule has 1 aromatic rings. The Balaban J connectivity index is 2.94. The smallest absolute Gasteiger partial charge is 0.166 e. The second kappa shape index (κ2) is 4.44. The highest BCUT2D eigenvalue weighted by molar-refractivity contribution is 6.31. The Morgan fingerprint density at radius 2 is 2.21 bits per heavy atom. The molecule has 76 valence electrons. The lowest BCUT2D eigenvalue weighted by atomic mass is 10.0. The number of hydrogen-bond acceptors (Lipinski definition) is 3. The van der Waals surface area contributed by atoms with Gasteiger partial charge in [0.25, 0.3) is 0 Å². The van der Waals surface area contributed by atoms with Gasteiger partial charge in [0.1, 0.15) is 0 Å². The maximum Gasteiger partial charge on any atom is 0.166 e. The third-order valence-electron chi connectivity index (χ3n) is 1.82. The highest BCUT2D eigenvalue weighted by atomic mass is 35.5. The second-order valence-corrected chi connectivity index (χ2v) is 3.77. The fraction of sp³-hybridized carbons (Fsp3) is 0.300. The molecule has 14 heavy (non-hydrogen) atoms. The number of carbonyl (C=O) groups is 1. The van der Waals surface area contributed by atoms with E-state index >= 15 is 0 Å². The Kier molecular flexibility index (Phi) is 3.49. The minimum atomic E-state index is -0.166. The van der Waals surface area contributed by atoms with E-state index in [0.29, 0.717) is 16.3 Å². The van der Waals surface area contributed by atoms with Crippen molar-refractivity contribution in [1.82, 2.24) is 0 Å². The third kappa shape index (κ3) is 2.72. The normalized spacial score (nSPS) is 12.5. The number of hydrogen-bond donors (Lipinski definition) is 2. The van der Waals surface area contributed by atoms with E-state index in [1.54, 1.807) is 25.1 Å². The molecule has 0 fully saturated rings. The lowest BCUT2D eigenvalue weighted by Crippen LogP contribution is -2.20. The van der Waals surface area contributed by atoms with E-state index in [4.69, 9.17) is 23.1 Å². The summed E-state index contributed by atoms with van der Waals surface area (Å²) in [5.41, 5.74) is 12.1. The SMILES string of the molecule is CC(N)CC(=O)c1cc(Cl)ccc1N. The molecule has 0 aromatic heterocycles. The van der Waals surface area contributed by atoms with E-state index < -0.39 is 0 Å². The van der Waals surface area contributed by atoms with Crippen molar-refractivity contribution in [3.8, 4) is 0 Å². The van der Waals surface area contributed by atoms with Crippen molar-refractivity contribution in [2.24, 2.45) is 5.73 Å². The van der Waals surface area contributed by atoms with E-state index in [9.17, 15) is 4.79 Å². The van der Waals surface area contributed by atoms with Gasteiger partial charge in [-0.25, -0.2) is 0 Å². The van der Waals surface area contributed by atoms with Crippen LogP contribution in [0.15, 0.2) is 18.2 Å². The molecule has 0 aliphatic rings. The van der Waals surface area contributed by atoms with Crippen LogP contribution in [0.25, 0.3) is 0 Å². The van der Waals surface area contributed by atoms with Gasteiger partial charge in [0.05, 0.1) is 0 Å². The van der Waals surface area contributed by atoms with Crippen molar-refractivity contribution in [2.75, 3.05) is 5.73 Å². The quantitative estimate of drug-likeness (QED) is 0.594. The zero-order valence-corrected chi connectivity index (χ0v) is 8.71. The standard InChI is InChI=1S/C10H13ClN2O/c1-6(12)4-10(14)8-5-7(11)2-3-9(8)13/h2-3,5-6H,4,12-13H2,1H3. The Morgan fingerprint density at radius 3 is 2.79 bits per heavy atom. The van der Waals surface area contributed by atoms with Crippen molar-refractivity contribution in [3.05, 3.63) is 28.8 Å². The molecule has 0 radical (unpaired) electrons. The maximum absolute atomic E-state index is 11.6. The highest BCUT2D eigenvalue weighted by Gasteiger charge is 2.11. The first-order chi connectivity index (χ1) is 6.50. The van der Waals surface area contributed by atoms with Crippen molar-refractivity contribution < 1.29 is 4.79 Å². The van der Waals surface area contributed by atoms with Gasteiger partial charge < -0.3 is 11.5 Å². The number of benzene rings is 1. The molecule has 0 bridgehead atoms. The molecule has 0 saturated carbocycles. The topological polar surface area (TPSA) is 69.1 Å². The summed E-state index contributed by atoms with van der Waals surface area (Å²) in [4.78, 5) is 11.6. The summed E-state index contributed by atoms with van der Waals surface area (Å²) in [7, 11) is 0. The summed E-state index contributed by atoms with van der Waals surface area (Å²) in [5, 5.41) is 0.507. The molecule has 0 aliphatic carbocycles. The van der Waals surface area contributed by atoms with Gasteiger partial charge >= 0.3 is 0 Å². The van der Waals surface area contributed by atoms with Gasteiger partial charge in [0.2, 0.25) is 0 Å². The molecule has 1 atom stereocenters. The maximum atomic E-state index is 11.6. The number of ketones is 1. The van der Waals surface area contributed by atoms with Gasteiger partial charge in [0, 0.05) is 28.7 Å². The molecule has 4 N–H and O–H groups in total. The van der Waals surface area contributed by atoms with E-state index in [0.717, 1.165) is 0 Å². The van der Waals surface area contributed by atoms with Crippen LogP contribution in [-0.2, 0) is 0 Å². The number of rotatable bonds is 3. The molecular formula is C10H13ClN2O. The van der Waals surface area contributed by atoms with Gasteiger partial charge in [-0.3, -0.25) is 4.79 Å². The third-order valence-corrected chi connectivity index (χ3v) is 2.06. The lowest BCUT2D eigenvalue weighted by molar-refractivity contribution is 0.0977. The molecule has 4 heteroatoms. The van der Waals surface area contributed by atoms with Crippen LogP contribution >= 0.6 is 11.6 Å². The second-order valence-electron chi connectivity index (χ2n) is 3.34. The van der Waals surface area contributed by atoms with Crippen LogP contribution < -0.4 is 11.5 Å². The molecule has 0 amide bonds. The van der Waals surface area contributed by atoms with E-state index in [1.807, 2.05) is 0 Å². The summed E-state index contributed by atoms with van der Waals surface area (Å²) < 4.78 is 0. The Labute approximate surface area is 88.0 Å². The van der Waals surface area contributed by atoms with Crippen LogP contribution in [0.5, 0.6) is 0 Å². The van der Waals surface area contributed by atoms with E-state index in [1.165, 1.54) is 0 Å². The summed E-state index contributed by atoms with van der Waals surface area (Å²) in [5.74, 6) is -0.0694. The number of nitrogen functional groups attached to an aromatic ring is 1. The van der Waals surface area contributed by atoms with Crippen molar-refractivity contribution in [2.45, 2.75) is 19.4 Å². The first kappa shape index (κ1) is 11.0. The minimum absolute atomic E-state index is 0.0694. The molecular weight excluding hydrogens is 200 g/mol. The van der Waals surface area contributed by atoms with Crippen LogP contribution in [0.1, 0.15) is 23.7 Å². The van der Waals surface area contributed by atoms with Crippen molar-refractivity contribution >= 4 is 23.1 Å². The first-order valence-corrected chi connectivity index (χ1v) is 4.72. The molecule has 1 unspecified atom stereocenters. The number of Topliss-reactive ketones (excluding diaryl/α,β-unsaturated/α-hetero) is 1. The molecule has 0 saturated heterocycles. The lowest BCUT2D eigenvalue weighted by Gasteiger charge is -2.07. The van der Waals surface area contributed by atoms with Gasteiger partial charge in [0.15, 0.2) is 5.78 Å². The predicted octanol–water partition coefficient (Wildman–Crippen LogP) is 1.84. The summed E-state index contributed by atoms with van der Waals surface area (Å²) in [6.07, 6.45) is 0.282. The average Bonchev–Trinajstić information content (AvgIpc) is 2.08. The van der Waals surface area contributed by atoms with Crippen LogP contribution in [0.3, 0.4) is 0 Å². The summed E-state index contributed by atoms with van der Waals surface area (Å²) >= 11 is 5.76. The Bertz CT molecular complexity index is 350. The summed E-state index contributed by atoms with van der Waals surface area (Å²) in [6, 6.07) is 4.68. The van der Waals surface area contributed by atoms with Gasteiger partial charge in [-0.15, -0.1) is 0 Å². The molecule has 3 nitrogen and oxygen atoms in total. The van der Waals surface area contributed by atoms with E-state index in [-0.39, 0.29) is 18.2 Å². The zero-order valence-electron chi connectivity index (χ0n) is 7.96. The highest BCUT2D eigenvalue weighted by Crippen LogP contribution is 2.19. The Morgan fingerprint density at radius 1 is 1.57 bits per heavy atom. The molecule has 1 aromatic carbocycles. The molecule has 0 aliphatic heterocycles. The van der Waals surface area contributed by atoms with Gasteiger partial charge in [-0.05, 0) is 25.1 Å². The van der Waals surface area contributed by atoms with E-state index in [2.05, 4.69) is 0 Å². The molecule has 1 rings (SSSR count). The predicted molar refractivity (Wildman–Crippen MR) is 58.5 cm³/mol. The van der Waals surface area contributed by atoms with Gasteiger partial charge in [-0.2, -0.15) is 0 Å².